The van der Waals surface area contributed by atoms with Crippen LogP contribution in [0.15, 0.2) is 152 Å². The second kappa shape index (κ2) is 9.71. The van der Waals surface area contributed by atoms with E-state index in [-0.39, 0.29) is 0 Å². The zero-order chi connectivity index (χ0) is 31.3. The minimum absolute atomic E-state index is 0.677. The van der Waals surface area contributed by atoms with Gasteiger partial charge in [-0.25, -0.2) is 9.97 Å². The van der Waals surface area contributed by atoms with E-state index in [0.29, 0.717) is 5.95 Å². The Balaban J connectivity index is 1.32. The Morgan fingerprint density at radius 1 is 0.417 bits per heavy atom. The van der Waals surface area contributed by atoms with Crippen molar-refractivity contribution in [1.82, 2.24) is 14.5 Å². The molecule has 3 nitrogen and oxygen atoms in total. The molecule has 4 heteroatoms. The summed E-state index contributed by atoms with van der Waals surface area (Å²) in [6.45, 7) is 0. The van der Waals surface area contributed by atoms with Crippen LogP contribution in [0.3, 0.4) is 0 Å². The molecule has 3 heterocycles. The maximum Gasteiger partial charge on any atom is 0.235 e. The van der Waals surface area contributed by atoms with Crippen molar-refractivity contribution in [3.63, 3.8) is 0 Å². The molecule has 0 aliphatic rings. The maximum absolute atomic E-state index is 5.57. The van der Waals surface area contributed by atoms with Crippen molar-refractivity contribution < 1.29 is 0 Å². The number of rotatable bonds is 2. The van der Waals surface area contributed by atoms with Crippen LogP contribution < -0.4 is 0 Å². The van der Waals surface area contributed by atoms with Crippen LogP contribution in [-0.4, -0.2) is 14.5 Å². The average Bonchev–Trinajstić information content (AvgIpc) is 3.71. The monoisotopic (exact) mass is 627 g/mol. The molecule has 0 N–H and O–H groups in total. The summed E-state index contributed by atoms with van der Waals surface area (Å²) in [5.74, 6) is 0.677. The van der Waals surface area contributed by atoms with Gasteiger partial charge in [0.25, 0.3) is 0 Å². The smallest absolute Gasteiger partial charge is 0.235 e. The lowest BCUT2D eigenvalue weighted by atomic mass is 9.96. The van der Waals surface area contributed by atoms with Gasteiger partial charge in [-0.1, -0.05) is 127 Å². The van der Waals surface area contributed by atoms with Crippen molar-refractivity contribution >= 4 is 96.5 Å². The zero-order valence-electron chi connectivity index (χ0n) is 25.7. The molecule has 222 valence electrons. The molecule has 0 spiro atoms. The number of hydrogen-bond donors (Lipinski definition) is 0. The van der Waals surface area contributed by atoms with Crippen LogP contribution in [0.4, 0.5) is 0 Å². The number of benzene rings is 8. The second-order valence-corrected chi connectivity index (χ2v) is 13.6. The van der Waals surface area contributed by atoms with Crippen LogP contribution in [0.5, 0.6) is 0 Å². The van der Waals surface area contributed by atoms with E-state index in [4.69, 9.17) is 9.97 Å². The van der Waals surface area contributed by atoms with Crippen molar-refractivity contribution in [2.45, 2.75) is 0 Å². The Kier molecular flexibility index (Phi) is 5.26. The van der Waals surface area contributed by atoms with Gasteiger partial charge in [0.05, 0.1) is 22.2 Å². The molecule has 0 amide bonds. The van der Waals surface area contributed by atoms with Gasteiger partial charge in [0, 0.05) is 47.3 Å². The molecule has 3 aromatic heterocycles. The molecular weight excluding hydrogens is 603 g/mol. The van der Waals surface area contributed by atoms with Crippen LogP contribution in [0.25, 0.3) is 102 Å². The molecule has 8 aromatic carbocycles. The van der Waals surface area contributed by atoms with E-state index in [1.165, 1.54) is 63.3 Å². The molecule has 0 atom stereocenters. The first-order valence-electron chi connectivity index (χ1n) is 16.3. The van der Waals surface area contributed by atoms with Crippen LogP contribution in [0.1, 0.15) is 0 Å². The largest absolute Gasteiger partial charge is 0.277 e. The van der Waals surface area contributed by atoms with Gasteiger partial charge in [-0.15, -0.1) is 11.3 Å². The SMILES string of the molecule is c1ccc2c(-c3cc4sc5ccccc5c4c4ccccc34)nc(-n3c4ccccc4c4c5ccccc5c5ccccc5c43)nc2c1. The van der Waals surface area contributed by atoms with Crippen molar-refractivity contribution in [1.29, 1.82) is 0 Å². The molecule has 0 aliphatic carbocycles. The summed E-state index contributed by atoms with van der Waals surface area (Å²) in [7, 11) is 0. The lowest BCUT2D eigenvalue weighted by molar-refractivity contribution is 1.02. The Labute approximate surface area is 278 Å². The fourth-order valence-corrected chi connectivity index (χ4v) is 9.15. The zero-order valence-corrected chi connectivity index (χ0v) is 26.5. The summed E-state index contributed by atoms with van der Waals surface area (Å²) in [5, 5.41) is 13.5. The Hall–Kier alpha value is -6.10. The van der Waals surface area contributed by atoms with E-state index in [9.17, 15) is 0 Å². The van der Waals surface area contributed by atoms with Gasteiger partial charge in [0.2, 0.25) is 5.95 Å². The number of thiophene rings is 1. The first-order chi connectivity index (χ1) is 23.8. The highest BCUT2D eigenvalue weighted by Crippen LogP contribution is 2.45. The molecule has 0 saturated carbocycles. The van der Waals surface area contributed by atoms with Crippen LogP contribution >= 0.6 is 11.3 Å². The topological polar surface area (TPSA) is 30.7 Å². The third kappa shape index (κ3) is 3.47. The van der Waals surface area contributed by atoms with E-state index in [2.05, 4.69) is 156 Å². The number of nitrogens with zero attached hydrogens (tertiary/aromatic N) is 3. The highest BCUT2D eigenvalue weighted by molar-refractivity contribution is 7.26. The van der Waals surface area contributed by atoms with Crippen molar-refractivity contribution in [2.75, 3.05) is 0 Å². The number of fused-ring (bicyclic) bond motifs is 14. The lowest BCUT2D eigenvalue weighted by Crippen LogP contribution is -2.04. The van der Waals surface area contributed by atoms with E-state index >= 15 is 0 Å². The fourth-order valence-electron chi connectivity index (χ4n) is 7.99. The van der Waals surface area contributed by atoms with Crippen LogP contribution in [-0.2, 0) is 0 Å². The molecular formula is C44H25N3S. The van der Waals surface area contributed by atoms with Crippen molar-refractivity contribution in [3.8, 4) is 17.2 Å². The standard InChI is InChI=1S/C44H25N3S/c1-5-17-30-26(13-1)27-14-3-6-18-31(27)43-41(30)33-20-8-11-23-37(33)47(43)44-45-36-22-10-7-19-32(36)42(46-44)35-25-39-40(29-16-4-2-15-28(29)35)34-21-9-12-24-38(34)48-39/h1-25H. The number of hydrogen-bond acceptors (Lipinski definition) is 3. The quantitative estimate of drug-likeness (QED) is 0.179. The predicted molar refractivity (Wildman–Crippen MR) is 205 cm³/mol. The van der Waals surface area contributed by atoms with Gasteiger partial charge in [0.15, 0.2) is 0 Å². The van der Waals surface area contributed by atoms with Gasteiger partial charge < -0.3 is 0 Å². The van der Waals surface area contributed by atoms with Gasteiger partial charge >= 0.3 is 0 Å². The summed E-state index contributed by atoms with van der Waals surface area (Å²) in [6.07, 6.45) is 0. The van der Waals surface area contributed by atoms with E-state index in [1.807, 2.05) is 11.3 Å². The van der Waals surface area contributed by atoms with Gasteiger partial charge in [-0.2, -0.15) is 0 Å². The molecule has 0 aliphatic heterocycles. The summed E-state index contributed by atoms with van der Waals surface area (Å²) < 4.78 is 4.87. The fraction of sp³-hybridized carbons (Fsp3) is 0. The van der Waals surface area contributed by atoms with Crippen LogP contribution in [0.2, 0.25) is 0 Å². The highest BCUT2D eigenvalue weighted by atomic mass is 32.1. The summed E-state index contributed by atoms with van der Waals surface area (Å²) >= 11 is 1.85. The number of aromatic nitrogens is 3. The molecule has 0 fully saturated rings. The normalized spacial score (nSPS) is 12.2. The molecule has 0 unspecified atom stereocenters. The average molecular weight is 628 g/mol. The first-order valence-corrected chi connectivity index (χ1v) is 17.1. The third-order valence-corrected chi connectivity index (χ3v) is 11.1. The lowest BCUT2D eigenvalue weighted by Gasteiger charge is -2.15. The second-order valence-electron chi connectivity index (χ2n) is 12.5. The molecule has 0 radical (unpaired) electrons. The first kappa shape index (κ1) is 26.0. The van der Waals surface area contributed by atoms with Gasteiger partial charge in [0.1, 0.15) is 0 Å². The molecule has 48 heavy (non-hydrogen) atoms. The van der Waals surface area contributed by atoms with Gasteiger partial charge in [-0.3, -0.25) is 4.57 Å². The highest BCUT2D eigenvalue weighted by Gasteiger charge is 2.22. The van der Waals surface area contributed by atoms with Crippen molar-refractivity contribution in [3.05, 3.63) is 152 Å². The Bertz CT molecular complexity index is 3130. The maximum atomic E-state index is 5.57. The van der Waals surface area contributed by atoms with Crippen molar-refractivity contribution in [2.24, 2.45) is 0 Å². The van der Waals surface area contributed by atoms with E-state index < -0.39 is 0 Å². The molecule has 0 saturated heterocycles. The van der Waals surface area contributed by atoms with E-state index in [0.717, 1.165) is 33.2 Å². The molecule has 11 rings (SSSR count). The van der Waals surface area contributed by atoms with E-state index in [1.54, 1.807) is 0 Å². The summed E-state index contributed by atoms with van der Waals surface area (Å²) in [6, 6.07) is 54.5. The van der Waals surface area contributed by atoms with Gasteiger partial charge in [-0.05, 0) is 51.2 Å². The Morgan fingerprint density at radius 3 is 1.77 bits per heavy atom. The molecule has 11 aromatic rings. The summed E-state index contributed by atoms with van der Waals surface area (Å²) in [5.41, 5.74) is 5.23. The summed E-state index contributed by atoms with van der Waals surface area (Å²) in [4.78, 5) is 10.9. The minimum Gasteiger partial charge on any atom is -0.277 e. The third-order valence-electron chi connectivity index (χ3n) is 9.97. The van der Waals surface area contributed by atoms with Crippen LogP contribution in [0, 0.1) is 0 Å². The number of para-hydroxylation sites is 2. The predicted octanol–water partition coefficient (Wildman–Crippen LogP) is 12.2. The molecule has 0 bridgehead atoms. The Morgan fingerprint density at radius 2 is 0.979 bits per heavy atom. The minimum atomic E-state index is 0.677.